The van der Waals surface area contributed by atoms with Crippen molar-refractivity contribution in [2.24, 2.45) is 0 Å². The van der Waals surface area contributed by atoms with E-state index in [-0.39, 0.29) is 5.91 Å². The van der Waals surface area contributed by atoms with Crippen LogP contribution >= 0.6 is 0 Å². The number of terminal acetylenes is 1. The topological polar surface area (TPSA) is 41.1 Å². The summed E-state index contributed by atoms with van der Waals surface area (Å²) in [6.07, 6.45) is 5.35. The first-order valence-electron chi connectivity index (χ1n) is 6.47. The van der Waals surface area contributed by atoms with Gasteiger partial charge in [-0.15, -0.1) is 6.42 Å². The molecule has 0 fully saturated rings. The molecule has 3 nitrogen and oxygen atoms in total. The van der Waals surface area contributed by atoms with Gasteiger partial charge < -0.3 is 10.6 Å². The molecule has 0 radical (unpaired) electrons. The van der Waals surface area contributed by atoms with Crippen LogP contribution in [0.5, 0.6) is 0 Å². The first-order valence-corrected chi connectivity index (χ1v) is 6.47. The van der Waals surface area contributed by atoms with Gasteiger partial charge in [0.25, 0.3) is 5.91 Å². The van der Waals surface area contributed by atoms with Crippen molar-refractivity contribution < 1.29 is 4.79 Å². The average molecular weight is 262 g/mol. The molecule has 0 bridgehead atoms. The monoisotopic (exact) mass is 262 g/mol. The Morgan fingerprint density at radius 3 is 2.85 bits per heavy atom. The molecule has 0 spiro atoms. The molecule has 0 saturated carbocycles. The van der Waals surface area contributed by atoms with Crippen LogP contribution in [0.3, 0.4) is 0 Å². The minimum absolute atomic E-state index is 0.117. The number of anilines is 1. The van der Waals surface area contributed by atoms with Crippen molar-refractivity contribution in [3.8, 4) is 12.3 Å². The average Bonchev–Trinajstić information content (AvgIpc) is 2.94. The van der Waals surface area contributed by atoms with E-state index in [0.29, 0.717) is 11.3 Å². The van der Waals surface area contributed by atoms with E-state index in [2.05, 4.69) is 16.6 Å². The molecule has 1 aliphatic rings. The van der Waals surface area contributed by atoms with Gasteiger partial charge in [0.05, 0.1) is 0 Å². The molecule has 0 aromatic heterocycles. The Labute approximate surface area is 118 Å². The summed E-state index contributed by atoms with van der Waals surface area (Å²) in [5.74, 6) is 2.44. The number of hydrogen-bond donors (Lipinski definition) is 2. The quantitative estimate of drug-likeness (QED) is 0.817. The first-order chi connectivity index (χ1) is 9.76. The minimum atomic E-state index is -0.117. The van der Waals surface area contributed by atoms with Crippen molar-refractivity contribution in [3.63, 3.8) is 0 Å². The van der Waals surface area contributed by atoms with Gasteiger partial charge >= 0.3 is 0 Å². The maximum Gasteiger partial charge on any atom is 0.255 e. The van der Waals surface area contributed by atoms with Crippen molar-refractivity contribution in [2.45, 2.75) is 13.1 Å². The number of carbonyl (C=O) groups is 1. The first kappa shape index (κ1) is 12.5. The van der Waals surface area contributed by atoms with E-state index in [9.17, 15) is 4.79 Å². The van der Waals surface area contributed by atoms with Crippen LogP contribution < -0.4 is 10.6 Å². The molecule has 1 aliphatic heterocycles. The lowest BCUT2D eigenvalue weighted by molar-refractivity contribution is 0.102. The van der Waals surface area contributed by atoms with Crippen LogP contribution in [0.15, 0.2) is 42.5 Å². The largest absolute Gasteiger partial charge is 0.322 e. The van der Waals surface area contributed by atoms with Gasteiger partial charge in [-0.05, 0) is 41.5 Å². The molecule has 2 N–H and O–H groups in total. The Kier molecular flexibility index (Phi) is 3.24. The fourth-order valence-corrected chi connectivity index (χ4v) is 2.33. The van der Waals surface area contributed by atoms with Crippen molar-refractivity contribution in [1.82, 2.24) is 5.32 Å². The van der Waals surface area contributed by atoms with Gasteiger partial charge in [0.1, 0.15) is 0 Å². The molecule has 1 heterocycles. The van der Waals surface area contributed by atoms with Crippen molar-refractivity contribution in [2.75, 3.05) is 5.32 Å². The molecule has 2 aromatic rings. The zero-order chi connectivity index (χ0) is 13.9. The highest BCUT2D eigenvalue weighted by molar-refractivity contribution is 6.04. The third kappa shape index (κ3) is 2.42. The number of amides is 1. The van der Waals surface area contributed by atoms with Crippen LogP contribution in [0.2, 0.25) is 0 Å². The number of hydrogen-bond acceptors (Lipinski definition) is 2. The molecule has 0 atom stereocenters. The van der Waals surface area contributed by atoms with Gasteiger partial charge in [0, 0.05) is 29.9 Å². The maximum atomic E-state index is 12.2. The van der Waals surface area contributed by atoms with Crippen LogP contribution in [0.25, 0.3) is 0 Å². The highest BCUT2D eigenvalue weighted by atomic mass is 16.1. The van der Waals surface area contributed by atoms with E-state index in [1.54, 1.807) is 6.07 Å². The van der Waals surface area contributed by atoms with E-state index in [0.717, 1.165) is 18.7 Å². The van der Waals surface area contributed by atoms with Crippen LogP contribution in [0.4, 0.5) is 5.69 Å². The van der Waals surface area contributed by atoms with E-state index in [4.69, 9.17) is 6.42 Å². The number of fused-ring (bicyclic) bond motifs is 1. The summed E-state index contributed by atoms with van der Waals surface area (Å²) in [7, 11) is 0. The smallest absolute Gasteiger partial charge is 0.255 e. The van der Waals surface area contributed by atoms with Crippen LogP contribution in [0, 0.1) is 12.3 Å². The number of benzene rings is 2. The second-order valence-electron chi connectivity index (χ2n) is 4.77. The summed E-state index contributed by atoms with van der Waals surface area (Å²) in [5, 5.41) is 6.13. The lowest BCUT2D eigenvalue weighted by Gasteiger charge is -2.07. The molecule has 0 aliphatic carbocycles. The van der Waals surface area contributed by atoms with Gasteiger partial charge in [0.2, 0.25) is 0 Å². The standard InChI is InChI=1S/C17H14N2O/c1-2-12-4-3-5-16(8-12)19-17(20)13-6-7-14-10-18-11-15(14)9-13/h1,3-9,18H,10-11H2,(H,19,20). The number of nitrogens with one attached hydrogen (secondary N) is 2. The molecule has 2 aromatic carbocycles. The molecular weight excluding hydrogens is 248 g/mol. The molecule has 1 amide bonds. The van der Waals surface area contributed by atoms with E-state index >= 15 is 0 Å². The Balaban J connectivity index is 1.81. The predicted molar refractivity (Wildman–Crippen MR) is 79.3 cm³/mol. The summed E-state index contributed by atoms with van der Waals surface area (Å²) in [5.41, 5.74) is 4.58. The summed E-state index contributed by atoms with van der Waals surface area (Å²) >= 11 is 0. The molecule has 20 heavy (non-hydrogen) atoms. The van der Waals surface area contributed by atoms with Crippen molar-refractivity contribution >= 4 is 11.6 Å². The fourth-order valence-electron chi connectivity index (χ4n) is 2.33. The van der Waals surface area contributed by atoms with Crippen LogP contribution in [-0.2, 0) is 13.1 Å². The number of carbonyl (C=O) groups excluding carboxylic acids is 1. The fraction of sp³-hybridized carbons (Fsp3) is 0.118. The molecule has 0 unspecified atom stereocenters. The van der Waals surface area contributed by atoms with Crippen LogP contribution in [-0.4, -0.2) is 5.91 Å². The zero-order valence-electron chi connectivity index (χ0n) is 10.9. The second kappa shape index (κ2) is 5.20. The highest BCUT2D eigenvalue weighted by Gasteiger charge is 2.13. The molecule has 98 valence electrons. The summed E-state index contributed by atoms with van der Waals surface area (Å²) in [6, 6.07) is 13.1. The van der Waals surface area contributed by atoms with E-state index in [1.165, 1.54) is 11.1 Å². The lowest BCUT2D eigenvalue weighted by atomic mass is 10.1. The predicted octanol–water partition coefficient (Wildman–Crippen LogP) is 2.52. The highest BCUT2D eigenvalue weighted by Crippen LogP contribution is 2.18. The Bertz CT molecular complexity index is 713. The normalized spacial score (nSPS) is 12.6. The summed E-state index contributed by atoms with van der Waals surface area (Å²) in [4.78, 5) is 12.2. The maximum absolute atomic E-state index is 12.2. The van der Waals surface area contributed by atoms with Crippen LogP contribution in [0.1, 0.15) is 27.0 Å². The third-order valence-electron chi connectivity index (χ3n) is 3.39. The second-order valence-corrected chi connectivity index (χ2v) is 4.77. The Morgan fingerprint density at radius 2 is 2.00 bits per heavy atom. The Hall–Kier alpha value is -2.57. The molecular formula is C17H14N2O. The van der Waals surface area contributed by atoms with Gasteiger partial charge in [-0.25, -0.2) is 0 Å². The van der Waals surface area contributed by atoms with E-state index in [1.807, 2.05) is 36.4 Å². The minimum Gasteiger partial charge on any atom is -0.322 e. The molecule has 0 saturated heterocycles. The lowest BCUT2D eigenvalue weighted by Crippen LogP contribution is -2.12. The summed E-state index contributed by atoms with van der Waals surface area (Å²) in [6.45, 7) is 1.70. The van der Waals surface area contributed by atoms with Gasteiger partial charge in [-0.1, -0.05) is 18.1 Å². The molecule has 3 heteroatoms. The number of rotatable bonds is 2. The van der Waals surface area contributed by atoms with Crippen molar-refractivity contribution in [3.05, 3.63) is 64.7 Å². The van der Waals surface area contributed by atoms with Crippen molar-refractivity contribution in [1.29, 1.82) is 0 Å². The zero-order valence-corrected chi connectivity index (χ0v) is 10.9. The van der Waals surface area contributed by atoms with E-state index < -0.39 is 0 Å². The van der Waals surface area contributed by atoms with Gasteiger partial charge in [0.15, 0.2) is 0 Å². The summed E-state index contributed by atoms with van der Waals surface area (Å²) < 4.78 is 0. The van der Waals surface area contributed by atoms with Gasteiger partial charge in [-0.2, -0.15) is 0 Å². The SMILES string of the molecule is C#Cc1cccc(NC(=O)c2ccc3c(c2)CNC3)c1. The molecule has 3 rings (SSSR count). The third-order valence-corrected chi connectivity index (χ3v) is 3.39. The van der Waals surface area contributed by atoms with Gasteiger partial charge in [-0.3, -0.25) is 4.79 Å². The Morgan fingerprint density at radius 1 is 1.15 bits per heavy atom.